The van der Waals surface area contributed by atoms with Crippen molar-refractivity contribution in [2.45, 2.75) is 51.1 Å². The summed E-state index contributed by atoms with van der Waals surface area (Å²) in [6.45, 7) is 1.14. The lowest BCUT2D eigenvalue weighted by Crippen LogP contribution is -2.50. The summed E-state index contributed by atoms with van der Waals surface area (Å²) in [6.07, 6.45) is 6.20. The molecule has 23 heavy (non-hydrogen) atoms. The Bertz CT molecular complexity index is 603. The summed E-state index contributed by atoms with van der Waals surface area (Å²) in [5.41, 5.74) is 8.09. The van der Waals surface area contributed by atoms with Crippen LogP contribution in [-0.2, 0) is 17.8 Å². The van der Waals surface area contributed by atoms with Crippen LogP contribution >= 0.6 is 0 Å². The van der Waals surface area contributed by atoms with Crippen molar-refractivity contribution in [3.05, 3.63) is 35.1 Å². The van der Waals surface area contributed by atoms with Gasteiger partial charge in [0.1, 0.15) is 5.82 Å². The van der Waals surface area contributed by atoms with Crippen molar-refractivity contribution in [3.63, 3.8) is 0 Å². The summed E-state index contributed by atoms with van der Waals surface area (Å²) in [6, 6.07) is 5.52. The number of amides is 1. The molecule has 2 unspecified atom stereocenters. The first-order valence-electron chi connectivity index (χ1n) is 8.94. The van der Waals surface area contributed by atoms with Crippen molar-refractivity contribution in [1.82, 2.24) is 4.90 Å². The largest absolute Gasteiger partial charge is 0.338 e. The van der Waals surface area contributed by atoms with Crippen molar-refractivity contribution in [3.8, 4) is 0 Å². The van der Waals surface area contributed by atoms with E-state index in [9.17, 15) is 9.18 Å². The Morgan fingerprint density at radius 1 is 1.22 bits per heavy atom. The number of nitrogens with zero attached hydrogens (tertiary/aromatic N) is 1. The Hall–Kier alpha value is -1.42. The van der Waals surface area contributed by atoms with Crippen LogP contribution in [0.5, 0.6) is 0 Å². The van der Waals surface area contributed by atoms with Gasteiger partial charge in [-0.25, -0.2) is 4.39 Å². The third-order valence-corrected chi connectivity index (χ3v) is 6.29. The van der Waals surface area contributed by atoms with Crippen LogP contribution in [0.25, 0.3) is 0 Å². The van der Waals surface area contributed by atoms with Gasteiger partial charge in [-0.05, 0) is 55.6 Å². The zero-order valence-electron chi connectivity index (χ0n) is 13.5. The van der Waals surface area contributed by atoms with E-state index < -0.39 is 0 Å². The Labute approximate surface area is 137 Å². The van der Waals surface area contributed by atoms with E-state index in [2.05, 4.69) is 0 Å². The Balaban J connectivity index is 1.49. The predicted octanol–water partition coefficient (Wildman–Crippen LogP) is 2.86. The second kappa shape index (κ2) is 5.90. The highest BCUT2D eigenvalue weighted by molar-refractivity contribution is 5.79. The van der Waals surface area contributed by atoms with Crippen LogP contribution in [-0.4, -0.2) is 23.4 Å². The molecule has 2 bridgehead atoms. The first-order valence-corrected chi connectivity index (χ1v) is 8.94. The second-order valence-electron chi connectivity index (χ2n) is 7.58. The monoisotopic (exact) mass is 316 g/mol. The van der Waals surface area contributed by atoms with E-state index >= 15 is 0 Å². The summed E-state index contributed by atoms with van der Waals surface area (Å²) in [4.78, 5) is 14.9. The van der Waals surface area contributed by atoms with Crippen LogP contribution in [0.4, 0.5) is 4.39 Å². The highest BCUT2D eigenvalue weighted by atomic mass is 19.1. The van der Waals surface area contributed by atoms with Gasteiger partial charge in [-0.15, -0.1) is 0 Å². The fraction of sp³-hybridized carbons (Fsp3) is 0.632. The number of hydrogen-bond acceptors (Lipinski definition) is 2. The molecule has 4 rings (SSSR count). The van der Waals surface area contributed by atoms with Crippen molar-refractivity contribution in [1.29, 1.82) is 0 Å². The van der Waals surface area contributed by atoms with Crippen LogP contribution in [0.3, 0.4) is 0 Å². The molecule has 1 aliphatic heterocycles. The summed E-state index contributed by atoms with van der Waals surface area (Å²) in [5, 5.41) is 0. The first kappa shape index (κ1) is 15.1. The van der Waals surface area contributed by atoms with Gasteiger partial charge in [0, 0.05) is 30.6 Å². The van der Waals surface area contributed by atoms with Gasteiger partial charge in [0.2, 0.25) is 5.91 Å². The highest BCUT2D eigenvalue weighted by Gasteiger charge is 2.42. The van der Waals surface area contributed by atoms with E-state index in [1.165, 1.54) is 25.3 Å². The zero-order chi connectivity index (χ0) is 16.0. The molecule has 4 heteroatoms. The van der Waals surface area contributed by atoms with Gasteiger partial charge >= 0.3 is 0 Å². The number of halogens is 1. The summed E-state index contributed by atoms with van der Waals surface area (Å²) in [5.74, 6) is 1.15. The third-order valence-electron chi connectivity index (χ3n) is 6.29. The molecule has 2 aliphatic carbocycles. The molecule has 0 radical (unpaired) electrons. The summed E-state index contributed by atoms with van der Waals surface area (Å²) in [7, 11) is 0. The van der Waals surface area contributed by atoms with Gasteiger partial charge < -0.3 is 10.6 Å². The van der Waals surface area contributed by atoms with Crippen LogP contribution < -0.4 is 5.73 Å². The standard InChI is InChI=1S/C19H25FN2O/c20-17-6-2-3-12-7-8-22(11-16(12)17)19(23)15-9-13-4-1-5-14(10-15)18(13)21/h2-3,6,13-15,18H,1,4-5,7-11,21H2. The fourth-order valence-electron chi connectivity index (χ4n) is 4.98. The Morgan fingerprint density at radius 3 is 2.70 bits per heavy atom. The SMILES string of the molecule is NC1C2CCCC1CC(C(=O)N1CCc3cccc(F)c3C1)C2. The molecular weight excluding hydrogens is 291 g/mol. The molecule has 2 saturated carbocycles. The minimum absolute atomic E-state index is 0.0958. The van der Waals surface area contributed by atoms with Crippen molar-refractivity contribution < 1.29 is 9.18 Å². The van der Waals surface area contributed by atoms with Crippen LogP contribution in [0.15, 0.2) is 18.2 Å². The maximum atomic E-state index is 14.0. The van der Waals surface area contributed by atoms with Crippen molar-refractivity contribution in [2.24, 2.45) is 23.5 Å². The molecule has 3 aliphatic rings. The third kappa shape index (κ3) is 2.67. The van der Waals surface area contributed by atoms with E-state index in [0.717, 1.165) is 24.8 Å². The molecule has 3 nitrogen and oxygen atoms in total. The van der Waals surface area contributed by atoms with E-state index in [0.29, 0.717) is 30.5 Å². The minimum Gasteiger partial charge on any atom is -0.338 e. The minimum atomic E-state index is -0.178. The van der Waals surface area contributed by atoms with Gasteiger partial charge in [0.25, 0.3) is 0 Å². The maximum absolute atomic E-state index is 14.0. The highest BCUT2D eigenvalue weighted by Crippen LogP contribution is 2.42. The number of rotatable bonds is 1. The lowest BCUT2D eigenvalue weighted by Gasteiger charge is -2.45. The van der Waals surface area contributed by atoms with Crippen LogP contribution in [0.1, 0.15) is 43.2 Å². The predicted molar refractivity (Wildman–Crippen MR) is 87.1 cm³/mol. The molecule has 0 spiro atoms. The molecule has 1 heterocycles. The van der Waals surface area contributed by atoms with E-state index in [1.54, 1.807) is 6.07 Å². The fourth-order valence-corrected chi connectivity index (χ4v) is 4.98. The number of carbonyl (C=O) groups is 1. The first-order chi connectivity index (χ1) is 11.1. The zero-order valence-corrected chi connectivity index (χ0v) is 13.5. The second-order valence-corrected chi connectivity index (χ2v) is 7.58. The maximum Gasteiger partial charge on any atom is 0.226 e. The lowest BCUT2D eigenvalue weighted by molar-refractivity contribution is -0.139. The molecule has 2 N–H and O–H groups in total. The van der Waals surface area contributed by atoms with Gasteiger partial charge in [-0.3, -0.25) is 4.79 Å². The summed E-state index contributed by atoms with van der Waals surface area (Å²) < 4.78 is 14.0. The van der Waals surface area contributed by atoms with E-state index in [1.807, 2.05) is 11.0 Å². The number of hydrogen-bond donors (Lipinski definition) is 1. The molecule has 0 saturated heterocycles. The molecule has 1 amide bonds. The number of benzene rings is 1. The average Bonchev–Trinajstić information content (AvgIpc) is 2.54. The Morgan fingerprint density at radius 2 is 1.96 bits per heavy atom. The van der Waals surface area contributed by atoms with Crippen molar-refractivity contribution >= 4 is 5.91 Å². The molecular formula is C19H25FN2O. The normalized spacial score (nSPS) is 33.2. The molecule has 2 fully saturated rings. The number of nitrogens with two attached hydrogens (primary N) is 1. The smallest absolute Gasteiger partial charge is 0.226 e. The topological polar surface area (TPSA) is 46.3 Å². The molecule has 1 aromatic carbocycles. The van der Waals surface area contributed by atoms with Crippen LogP contribution in [0, 0.1) is 23.6 Å². The summed E-state index contributed by atoms with van der Waals surface area (Å²) >= 11 is 0. The average molecular weight is 316 g/mol. The number of carbonyl (C=O) groups excluding carboxylic acids is 1. The van der Waals surface area contributed by atoms with E-state index in [4.69, 9.17) is 5.73 Å². The van der Waals surface area contributed by atoms with E-state index in [-0.39, 0.29) is 23.7 Å². The molecule has 0 aromatic heterocycles. The van der Waals surface area contributed by atoms with Gasteiger partial charge in [0.05, 0.1) is 0 Å². The van der Waals surface area contributed by atoms with Gasteiger partial charge in [0.15, 0.2) is 0 Å². The molecule has 124 valence electrons. The molecule has 2 atom stereocenters. The lowest BCUT2D eigenvalue weighted by atomic mass is 9.65. The Kier molecular flexibility index (Phi) is 3.88. The van der Waals surface area contributed by atoms with Crippen LogP contribution in [0.2, 0.25) is 0 Å². The van der Waals surface area contributed by atoms with Gasteiger partial charge in [-0.1, -0.05) is 18.6 Å². The molecule has 1 aromatic rings. The van der Waals surface area contributed by atoms with Gasteiger partial charge in [-0.2, -0.15) is 0 Å². The quantitative estimate of drug-likeness (QED) is 0.866. The van der Waals surface area contributed by atoms with Crippen molar-refractivity contribution in [2.75, 3.05) is 6.54 Å². The number of fused-ring (bicyclic) bond motifs is 3.